The Hall–Kier alpha value is -3.51. The smallest absolute Gasteiger partial charge is 0.321 e. The van der Waals surface area contributed by atoms with Crippen molar-refractivity contribution in [3.05, 3.63) is 64.3 Å². The van der Waals surface area contributed by atoms with E-state index in [9.17, 15) is 14.0 Å². The van der Waals surface area contributed by atoms with E-state index >= 15 is 0 Å². The Balaban J connectivity index is 2.13. The summed E-state index contributed by atoms with van der Waals surface area (Å²) in [5, 5.41) is 17.7. The van der Waals surface area contributed by atoms with Crippen LogP contribution in [-0.4, -0.2) is 15.6 Å². The van der Waals surface area contributed by atoms with Crippen LogP contribution in [0.4, 0.5) is 8.78 Å². The number of hydrazine groups is 1. The number of aryl methyl sites for hydroxylation is 2. The summed E-state index contributed by atoms with van der Waals surface area (Å²) in [5.74, 6) is 5.79. The van der Waals surface area contributed by atoms with E-state index in [1.54, 1.807) is 17.7 Å². The fourth-order valence-electron chi connectivity index (χ4n) is 3.18. The first-order valence-electron chi connectivity index (χ1n) is 8.42. The molecule has 7 nitrogen and oxygen atoms in total. The number of hydrogen-bond acceptors (Lipinski definition) is 5. The number of fused-ring (bicyclic) bond motifs is 1. The van der Waals surface area contributed by atoms with Crippen molar-refractivity contribution in [2.45, 2.75) is 26.3 Å². The number of benzene rings is 2. The van der Waals surface area contributed by atoms with Crippen molar-refractivity contribution < 1.29 is 8.78 Å². The summed E-state index contributed by atoms with van der Waals surface area (Å²) in [5.41, 5.74) is 4.87. The van der Waals surface area contributed by atoms with Gasteiger partial charge in [0.2, 0.25) is 5.84 Å². The summed E-state index contributed by atoms with van der Waals surface area (Å²) < 4.78 is 30.9. The van der Waals surface area contributed by atoms with Crippen LogP contribution in [0, 0.1) is 25.2 Å². The molecule has 0 fully saturated rings. The predicted octanol–water partition coefficient (Wildman–Crippen LogP) is 2.40. The number of alkyl halides is 2. The first-order chi connectivity index (χ1) is 13.3. The highest BCUT2D eigenvalue weighted by Crippen LogP contribution is 2.32. The van der Waals surface area contributed by atoms with Crippen molar-refractivity contribution in [1.82, 2.24) is 15.2 Å². The number of nitrogens with zero attached hydrogens (tertiary/aromatic N) is 4. The van der Waals surface area contributed by atoms with E-state index in [4.69, 9.17) is 11.7 Å². The second-order valence-electron chi connectivity index (χ2n) is 6.39. The number of hydrazone groups is 1. The van der Waals surface area contributed by atoms with Gasteiger partial charge in [0.15, 0.2) is 0 Å². The van der Waals surface area contributed by atoms with Crippen LogP contribution in [0.5, 0.6) is 0 Å². The number of nitriles is 1. The molecule has 0 saturated carbocycles. The lowest BCUT2D eigenvalue weighted by atomic mass is 10.0. The molecule has 0 amide bonds. The van der Waals surface area contributed by atoms with Crippen LogP contribution in [0.3, 0.4) is 0 Å². The molecule has 0 bridgehead atoms. The molecule has 144 valence electrons. The molecule has 0 spiro atoms. The van der Waals surface area contributed by atoms with Gasteiger partial charge in [-0.3, -0.25) is 4.68 Å². The van der Waals surface area contributed by atoms with Gasteiger partial charge in [-0.2, -0.15) is 24.2 Å². The minimum absolute atomic E-state index is 0.275. The van der Waals surface area contributed by atoms with Gasteiger partial charge in [-0.25, -0.2) is 5.84 Å². The SMILES string of the molecule is Cc1cccc(Cn2nc(C)c3ccc(C(F)(F)/C(=N/N)NN)cc32)c1C#N. The van der Waals surface area contributed by atoms with Crippen LogP contribution >= 0.6 is 0 Å². The van der Waals surface area contributed by atoms with Crippen LogP contribution in [0.15, 0.2) is 41.5 Å². The minimum Gasteiger partial charge on any atom is -0.321 e. The lowest BCUT2D eigenvalue weighted by Crippen LogP contribution is -2.43. The Bertz CT molecular complexity index is 1110. The predicted molar refractivity (Wildman–Crippen MR) is 102 cm³/mol. The van der Waals surface area contributed by atoms with Crippen LogP contribution < -0.4 is 17.1 Å². The molecule has 1 heterocycles. The van der Waals surface area contributed by atoms with Crippen molar-refractivity contribution in [2.75, 3.05) is 0 Å². The van der Waals surface area contributed by atoms with Crippen molar-refractivity contribution in [3.63, 3.8) is 0 Å². The van der Waals surface area contributed by atoms with Crippen LogP contribution in [-0.2, 0) is 12.5 Å². The third kappa shape index (κ3) is 3.14. The van der Waals surface area contributed by atoms with E-state index < -0.39 is 11.8 Å². The molecule has 0 aliphatic carbocycles. The molecule has 3 aromatic rings. The van der Waals surface area contributed by atoms with Crippen molar-refractivity contribution in [2.24, 2.45) is 16.8 Å². The van der Waals surface area contributed by atoms with Gasteiger partial charge in [-0.15, -0.1) is 0 Å². The first-order valence-corrected chi connectivity index (χ1v) is 8.42. The molecule has 9 heteroatoms. The molecule has 0 unspecified atom stereocenters. The molecule has 28 heavy (non-hydrogen) atoms. The standard InChI is InChI=1S/C19H19F2N7/c1-11-4-3-5-13(16(11)9-22)10-28-17-8-14(6-7-15(17)12(2)27-28)19(20,21)18(25-23)26-24/h3-8H,10,23-24H2,1-2H3,(H,25,26). The number of halogens is 2. The maximum atomic E-state index is 14.7. The third-order valence-electron chi connectivity index (χ3n) is 4.65. The van der Waals surface area contributed by atoms with Crippen molar-refractivity contribution >= 4 is 16.7 Å². The Labute approximate surface area is 160 Å². The van der Waals surface area contributed by atoms with E-state index in [0.29, 0.717) is 16.8 Å². The monoisotopic (exact) mass is 383 g/mol. The number of amidine groups is 1. The second kappa shape index (κ2) is 7.25. The molecule has 1 aromatic heterocycles. The zero-order valence-electron chi connectivity index (χ0n) is 15.4. The van der Waals surface area contributed by atoms with Crippen LogP contribution in [0.25, 0.3) is 10.9 Å². The third-order valence-corrected chi connectivity index (χ3v) is 4.65. The lowest BCUT2D eigenvalue weighted by Gasteiger charge is -2.18. The number of nitrogens with two attached hydrogens (primary N) is 2. The second-order valence-corrected chi connectivity index (χ2v) is 6.39. The zero-order valence-corrected chi connectivity index (χ0v) is 15.4. The van der Waals surface area contributed by atoms with Gasteiger partial charge in [0.05, 0.1) is 29.4 Å². The van der Waals surface area contributed by atoms with Crippen molar-refractivity contribution in [3.8, 4) is 6.07 Å². The summed E-state index contributed by atoms with van der Waals surface area (Å²) in [6.45, 7) is 3.92. The number of hydrogen-bond donors (Lipinski definition) is 3. The van der Waals surface area contributed by atoms with Gasteiger partial charge < -0.3 is 11.3 Å². The van der Waals surface area contributed by atoms with Crippen molar-refractivity contribution in [1.29, 1.82) is 5.26 Å². The summed E-state index contributed by atoms with van der Waals surface area (Å²) >= 11 is 0. The van der Waals surface area contributed by atoms with Gasteiger partial charge in [-0.1, -0.05) is 30.3 Å². The summed E-state index contributed by atoms with van der Waals surface area (Å²) in [7, 11) is 0. The molecule has 0 aliphatic rings. The van der Waals surface area contributed by atoms with E-state index in [1.807, 2.05) is 30.5 Å². The fraction of sp³-hybridized carbons (Fsp3) is 0.211. The Morgan fingerprint density at radius 1 is 1.32 bits per heavy atom. The molecule has 0 radical (unpaired) electrons. The average Bonchev–Trinajstić information content (AvgIpc) is 2.98. The lowest BCUT2D eigenvalue weighted by molar-refractivity contribution is 0.0714. The summed E-state index contributed by atoms with van der Waals surface area (Å²) in [4.78, 5) is 0. The van der Waals surface area contributed by atoms with E-state index in [1.165, 1.54) is 12.1 Å². The number of aromatic nitrogens is 2. The van der Waals surface area contributed by atoms with Crippen LogP contribution in [0.1, 0.15) is 27.9 Å². The van der Waals surface area contributed by atoms with E-state index in [2.05, 4.69) is 16.3 Å². The quantitative estimate of drug-likeness (QED) is 0.277. The highest BCUT2D eigenvalue weighted by molar-refractivity contribution is 5.91. The van der Waals surface area contributed by atoms with E-state index in [-0.39, 0.29) is 12.1 Å². The molecule has 3 rings (SSSR count). The minimum atomic E-state index is -3.50. The number of nitrogens with one attached hydrogen (secondary N) is 1. The molecule has 0 aliphatic heterocycles. The van der Waals surface area contributed by atoms with Crippen LogP contribution in [0.2, 0.25) is 0 Å². The van der Waals surface area contributed by atoms with Gasteiger partial charge in [0.25, 0.3) is 0 Å². The van der Waals surface area contributed by atoms with Gasteiger partial charge >= 0.3 is 5.92 Å². The van der Waals surface area contributed by atoms with Gasteiger partial charge in [0.1, 0.15) is 0 Å². The molecular formula is C19H19F2N7. The normalized spacial score (nSPS) is 12.2. The summed E-state index contributed by atoms with van der Waals surface area (Å²) in [6, 6.07) is 11.9. The maximum Gasteiger partial charge on any atom is 0.332 e. The van der Waals surface area contributed by atoms with E-state index in [0.717, 1.165) is 16.5 Å². The Morgan fingerprint density at radius 3 is 2.71 bits per heavy atom. The summed E-state index contributed by atoms with van der Waals surface area (Å²) in [6.07, 6.45) is 0. The maximum absolute atomic E-state index is 14.7. The first kappa shape index (κ1) is 19.3. The number of rotatable bonds is 4. The largest absolute Gasteiger partial charge is 0.332 e. The molecule has 2 aromatic carbocycles. The Kier molecular flexibility index (Phi) is 4.98. The van der Waals surface area contributed by atoms with Gasteiger partial charge in [0, 0.05) is 10.9 Å². The highest BCUT2D eigenvalue weighted by atomic mass is 19.3. The average molecular weight is 383 g/mol. The molecule has 0 saturated heterocycles. The highest BCUT2D eigenvalue weighted by Gasteiger charge is 2.39. The topological polar surface area (TPSA) is 118 Å². The van der Waals surface area contributed by atoms with Gasteiger partial charge in [-0.05, 0) is 31.0 Å². The molecule has 0 atom stereocenters. The Morgan fingerprint density at radius 2 is 2.07 bits per heavy atom. The fourth-order valence-corrected chi connectivity index (χ4v) is 3.18. The zero-order chi connectivity index (χ0) is 20.5. The molecular weight excluding hydrogens is 364 g/mol. The molecule has 5 N–H and O–H groups in total.